The van der Waals surface area contributed by atoms with Crippen molar-refractivity contribution >= 4 is 23.2 Å². The number of aromatic nitrogens is 1. The molecular weight excluding hydrogens is 294 g/mol. The third-order valence-corrected chi connectivity index (χ3v) is 4.45. The Balaban J connectivity index is 1.69. The average Bonchev–Trinajstić information content (AvgIpc) is 3.32. The number of nitrogens with zero attached hydrogens (tertiary/aromatic N) is 2. The lowest BCUT2D eigenvalue weighted by molar-refractivity contribution is -0.385. The number of carbonyl (C=O) groups is 1. The number of halogens is 1. The lowest BCUT2D eigenvalue weighted by atomic mass is 9.98. The normalized spacial score (nSPS) is 17.8. The van der Waals surface area contributed by atoms with Crippen LogP contribution in [-0.4, -0.2) is 22.4 Å². The second-order valence-corrected chi connectivity index (χ2v) is 6.22. The topological polar surface area (TPSA) is 85.1 Å². The first-order valence-corrected chi connectivity index (χ1v) is 7.52. The maximum absolute atomic E-state index is 12.2. The summed E-state index contributed by atoms with van der Waals surface area (Å²) in [6.45, 7) is 0.589. The summed E-state index contributed by atoms with van der Waals surface area (Å²) in [5, 5.41) is 13.9. The fourth-order valence-corrected chi connectivity index (χ4v) is 2.98. The number of hydrogen-bond acceptors (Lipinski definition) is 4. The number of rotatable bonds is 6. The summed E-state index contributed by atoms with van der Waals surface area (Å²) < 4.78 is 0. The van der Waals surface area contributed by atoms with E-state index in [0.717, 1.165) is 6.20 Å². The van der Waals surface area contributed by atoms with Gasteiger partial charge in [0.05, 0.1) is 4.92 Å². The number of nitrogens with one attached hydrogen (secondary N) is 1. The van der Waals surface area contributed by atoms with Gasteiger partial charge in [-0.3, -0.25) is 14.9 Å². The van der Waals surface area contributed by atoms with Gasteiger partial charge < -0.3 is 5.32 Å². The van der Waals surface area contributed by atoms with E-state index in [4.69, 9.17) is 11.6 Å². The van der Waals surface area contributed by atoms with E-state index in [2.05, 4.69) is 10.3 Å². The van der Waals surface area contributed by atoms with Gasteiger partial charge in [-0.1, -0.05) is 11.6 Å². The lowest BCUT2D eigenvalue weighted by Crippen LogP contribution is -2.31. The van der Waals surface area contributed by atoms with Gasteiger partial charge in [0.15, 0.2) is 0 Å². The van der Waals surface area contributed by atoms with Crippen molar-refractivity contribution in [3.8, 4) is 0 Å². The quantitative estimate of drug-likeness (QED) is 0.497. The largest absolute Gasteiger partial charge is 0.352 e. The molecule has 1 N–H and O–H groups in total. The van der Waals surface area contributed by atoms with Crippen LogP contribution >= 0.6 is 11.6 Å². The molecule has 0 atom stereocenters. The van der Waals surface area contributed by atoms with Crippen LogP contribution in [0.25, 0.3) is 0 Å². The molecule has 1 aromatic heterocycles. The molecule has 2 fully saturated rings. The maximum atomic E-state index is 12.2. The molecule has 21 heavy (non-hydrogen) atoms. The Morgan fingerprint density at radius 2 is 2.05 bits per heavy atom. The van der Waals surface area contributed by atoms with Crippen LogP contribution in [-0.2, 0) is 0 Å². The van der Waals surface area contributed by atoms with E-state index in [-0.39, 0.29) is 16.4 Å². The molecule has 0 saturated heterocycles. The Hall–Kier alpha value is -1.69. The number of pyridine rings is 1. The fraction of sp³-hybridized carbons (Fsp3) is 0.571. The molecule has 2 aliphatic rings. The number of amides is 1. The molecule has 7 heteroatoms. The molecule has 0 radical (unpaired) electrons. The van der Waals surface area contributed by atoms with Gasteiger partial charge in [-0.2, -0.15) is 0 Å². The summed E-state index contributed by atoms with van der Waals surface area (Å²) in [4.78, 5) is 26.2. The molecule has 2 saturated carbocycles. The van der Waals surface area contributed by atoms with E-state index in [1.165, 1.54) is 31.7 Å². The van der Waals surface area contributed by atoms with Crippen molar-refractivity contribution in [2.45, 2.75) is 25.7 Å². The maximum Gasteiger partial charge on any atom is 0.300 e. The van der Waals surface area contributed by atoms with Crippen LogP contribution in [0, 0.1) is 27.9 Å². The van der Waals surface area contributed by atoms with Gasteiger partial charge >= 0.3 is 0 Å². The van der Waals surface area contributed by atoms with Gasteiger partial charge in [-0.05, 0) is 49.5 Å². The van der Waals surface area contributed by atoms with Gasteiger partial charge in [-0.15, -0.1) is 0 Å². The summed E-state index contributed by atoms with van der Waals surface area (Å²) >= 11 is 5.74. The SMILES string of the molecule is O=C(NCC(C1CC1)C1CC1)c1cc(Cl)ncc1[N+](=O)[O-]. The first-order chi connectivity index (χ1) is 10.1. The van der Waals surface area contributed by atoms with Gasteiger partial charge in [0.25, 0.3) is 11.6 Å². The van der Waals surface area contributed by atoms with Gasteiger partial charge in [-0.25, -0.2) is 4.98 Å². The molecule has 6 nitrogen and oxygen atoms in total. The monoisotopic (exact) mass is 309 g/mol. The van der Waals surface area contributed by atoms with Crippen molar-refractivity contribution in [2.24, 2.45) is 17.8 Å². The first kappa shape index (κ1) is 14.3. The lowest BCUT2D eigenvalue weighted by Gasteiger charge is -2.16. The predicted octanol–water partition coefficient (Wildman–Crippen LogP) is 2.81. The van der Waals surface area contributed by atoms with Crippen LogP contribution in [0.3, 0.4) is 0 Å². The van der Waals surface area contributed by atoms with Crippen LogP contribution in [0.1, 0.15) is 36.0 Å². The van der Waals surface area contributed by atoms with Crippen molar-refractivity contribution in [3.63, 3.8) is 0 Å². The molecule has 0 aliphatic heterocycles. The zero-order chi connectivity index (χ0) is 15.0. The second kappa shape index (κ2) is 5.60. The van der Waals surface area contributed by atoms with Gasteiger partial charge in [0, 0.05) is 6.54 Å². The van der Waals surface area contributed by atoms with E-state index in [1.54, 1.807) is 0 Å². The van der Waals surface area contributed by atoms with Gasteiger partial charge in [0.1, 0.15) is 16.9 Å². The molecule has 0 aromatic carbocycles. The zero-order valence-corrected chi connectivity index (χ0v) is 12.2. The summed E-state index contributed by atoms with van der Waals surface area (Å²) in [5.74, 6) is 1.50. The molecule has 1 amide bonds. The van der Waals surface area contributed by atoms with Crippen molar-refractivity contribution in [1.82, 2.24) is 10.3 Å². The Morgan fingerprint density at radius 1 is 1.43 bits per heavy atom. The van der Waals surface area contributed by atoms with Crippen molar-refractivity contribution in [1.29, 1.82) is 0 Å². The summed E-state index contributed by atoms with van der Waals surface area (Å²) in [5.41, 5.74) is -0.336. The van der Waals surface area contributed by atoms with Crippen LogP contribution < -0.4 is 5.32 Å². The van der Waals surface area contributed by atoms with Crippen LogP contribution in [0.5, 0.6) is 0 Å². The average molecular weight is 310 g/mol. The molecule has 2 aliphatic carbocycles. The standard InChI is InChI=1S/C14H16ClN3O3/c15-13-5-10(12(7-16-13)18(20)21)14(19)17-6-11(8-1-2-8)9-3-4-9/h5,7-9,11H,1-4,6H2,(H,17,19). The van der Waals surface area contributed by atoms with Crippen molar-refractivity contribution < 1.29 is 9.72 Å². The van der Waals surface area contributed by atoms with Crippen LogP contribution in [0.15, 0.2) is 12.3 Å². The Morgan fingerprint density at radius 3 is 2.57 bits per heavy atom. The predicted molar refractivity (Wildman–Crippen MR) is 77.2 cm³/mol. The zero-order valence-electron chi connectivity index (χ0n) is 11.4. The first-order valence-electron chi connectivity index (χ1n) is 7.14. The highest BCUT2D eigenvalue weighted by Gasteiger charge is 2.41. The second-order valence-electron chi connectivity index (χ2n) is 5.83. The molecule has 112 valence electrons. The van der Waals surface area contributed by atoms with E-state index in [9.17, 15) is 14.9 Å². The highest BCUT2D eigenvalue weighted by Crippen LogP contribution is 2.48. The molecule has 1 heterocycles. The van der Waals surface area contributed by atoms with E-state index in [1.807, 2.05) is 0 Å². The highest BCUT2D eigenvalue weighted by atomic mass is 35.5. The third-order valence-electron chi connectivity index (χ3n) is 4.24. The molecule has 0 unspecified atom stereocenters. The third kappa shape index (κ3) is 3.32. The summed E-state index contributed by atoms with van der Waals surface area (Å²) in [6.07, 6.45) is 5.96. The Bertz CT molecular complexity index is 573. The molecule has 3 rings (SSSR count). The van der Waals surface area contributed by atoms with Crippen molar-refractivity contribution in [3.05, 3.63) is 33.1 Å². The highest BCUT2D eigenvalue weighted by molar-refractivity contribution is 6.29. The van der Waals surface area contributed by atoms with E-state index < -0.39 is 10.8 Å². The van der Waals surface area contributed by atoms with E-state index >= 15 is 0 Å². The molecule has 0 spiro atoms. The van der Waals surface area contributed by atoms with Crippen LogP contribution in [0.4, 0.5) is 5.69 Å². The van der Waals surface area contributed by atoms with Gasteiger partial charge in [0.2, 0.25) is 0 Å². The summed E-state index contributed by atoms with van der Waals surface area (Å²) in [6, 6.07) is 1.25. The minimum Gasteiger partial charge on any atom is -0.352 e. The molecule has 0 bridgehead atoms. The minimum atomic E-state index is -0.614. The van der Waals surface area contributed by atoms with Crippen molar-refractivity contribution in [2.75, 3.05) is 6.54 Å². The number of carbonyl (C=O) groups excluding carboxylic acids is 1. The molecular formula is C14H16ClN3O3. The fourth-order valence-electron chi connectivity index (χ4n) is 2.82. The Labute approximate surface area is 127 Å². The Kier molecular flexibility index (Phi) is 3.80. The molecule has 1 aromatic rings. The van der Waals surface area contributed by atoms with Crippen LogP contribution in [0.2, 0.25) is 5.15 Å². The minimum absolute atomic E-state index is 0.0228. The number of nitro groups is 1. The smallest absolute Gasteiger partial charge is 0.300 e. The number of hydrogen-bond donors (Lipinski definition) is 1. The summed E-state index contributed by atoms with van der Waals surface area (Å²) in [7, 11) is 0. The van der Waals surface area contributed by atoms with E-state index in [0.29, 0.717) is 24.3 Å².